The van der Waals surface area contributed by atoms with E-state index < -0.39 is 16.9 Å². The maximum absolute atomic E-state index is 13.2. The van der Waals surface area contributed by atoms with E-state index in [-0.39, 0.29) is 6.10 Å². The van der Waals surface area contributed by atoms with E-state index in [1.807, 2.05) is 12.1 Å². The largest absolute Gasteiger partial charge is 0.490 e. The number of sulfonamides is 1. The molecule has 204 valence electrons. The Hall–Kier alpha value is -0.770. The second kappa shape index (κ2) is 12.4. The van der Waals surface area contributed by atoms with Crippen LogP contribution in [-0.2, 0) is 10.0 Å². The zero-order valence-electron chi connectivity index (χ0n) is 23.3. The van der Waals surface area contributed by atoms with Crippen LogP contribution in [0.3, 0.4) is 0 Å². The SMILES string of the molecule is CC(C)Oc1ccc(S(=O)(=O)N(C)C)cc1C=P(C1CCCCC1)(C1CCCCC1)C1CCCCC1. The molecule has 0 radical (unpaired) electrons. The van der Waals surface area contributed by atoms with Crippen molar-refractivity contribution < 1.29 is 13.2 Å². The quantitative estimate of drug-likeness (QED) is 0.318. The fourth-order valence-electron chi connectivity index (χ4n) is 7.40. The monoisotopic (exact) mass is 535 g/mol. The normalized spacial score (nSPS) is 21.7. The number of nitrogens with zero attached hydrogens (tertiary/aromatic N) is 1. The molecule has 6 heteroatoms. The molecule has 0 unspecified atom stereocenters. The van der Waals surface area contributed by atoms with E-state index in [0.29, 0.717) is 4.90 Å². The van der Waals surface area contributed by atoms with Crippen LogP contribution in [0.2, 0.25) is 0 Å². The van der Waals surface area contributed by atoms with Crippen molar-refractivity contribution in [1.29, 1.82) is 0 Å². The van der Waals surface area contributed by atoms with E-state index in [1.165, 1.54) is 101 Å². The molecule has 3 saturated carbocycles. The molecule has 0 atom stereocenters. The summed E-state index contributed by atoms with van der Waals surface area (Å²) in [4.78, 5) is 0.392. The maximum atomic E-state index is 13.2. The lowest BCUT2D eigenvalue weighted by molar-refractivity contribution is 0.242. The molecule has 1 aromatic carbocycles. The Morgan fingerprint density at radius 2 is 1.25 bits per heavy atom. The second-order valence-electron chi connectivity index (χ2n) is 12.1. The van der Waals surface area contributed by atoms with Crippen LogP contribution < -0.4 is 4.74 Å². The second-order valence-corrected chi connectivity index (χ2v) is 18.4. The first kappa shape index (κ1) is 28.2. The molecule has 0 bridgehead atoms. The lowest BCUT2D eigenvalue weighted by Gasteiger charge is -2.50. The van der Waals surface area contributed by atoms with Gasteiger partial charge in [0.05, 0.1) is 11.0 Å². The zero-order chi connectivity index (χ0) is 25.8. The minimum Gasteiger partial charge on any atom is -0.490 e. The van der Waals surface area contributed by atoms with Crippen molar-refractivity contribution in [2.45, 2.75) is 138 Å². The molecule has 0 aromatic heterocycles. The van der Waals surface area contributed by atoms with Crippen molar-refractivity contribution in [3.63, 3.8) is 0 Å². The van der Waals surface area contributed by atoms with Gasteiger partial charge in [-0.1, -0.05) is 70.5 Å². The van der Waals surface area contributed by atoms with Crippen molar-refractivity contribution in [2.24, 2.45) is 0 Å². The third-order valence-corrected chi connectivity index (χ3v) is 17.0. The fourth-order valence-corrected chi connectivity index (χ4v) is 15.2. The average Bonchev–Trinajstić information content (AvgIpc) is 2.89. The van der Waals surface area contributed by atoms with Crippen LogP contribution in [0, 0.1) is 0 Å². The Balaban J connectivity index is 1.96. The molecular formula is C30H50NO3PS. The molecule has 3 fully saturated rings. The minimum atomic E-state index is -3.50. The van der Waals surface area contributed by atoms with Gasteiger partial charge < -0.3 is 4.74 Å². The Bertz CT molecular complexity index is 962. The van der Waals surface area contributed by atoms with Crippen LogP contribution in [-0.4, -0.2) is 55.7 Å². The highest BCUT2D eigenvalue weighted by Gasteiger charge is 2.42. The summed E-state index contributed by atoms with van der Waals surface area (Å²) in [5, 5.41) is 0. The summed E-state index contributed by atoms with van der Waals surface area (Å²) in [5.41, 5.74) is 3.47. The lowest BCUT2D eigenvalue weighted by Crippen LogP contribution is -2.33. The van der Waals surface area contributed by atoms with Gasteiger partial charge in [-0.2, -0.15) is 0 Å². The summed E-state index contributed by atoms with van der Waals surface area (Å²) in [6, 6.07) is 5.63. The van der Waals surface area contributed by atoms with Crippen LogP contribution in [0.4, 0.5) is 0 Å². The summed E-state index contributed by atoms with van der Waals surface area (Å²) < 4.78 is 34.0. The summed E-state index contributed by atoms with van der Waals surface area (Å²) in [6.45, 7) is 2.62. The van der Waals surface area contributed by atoms with E-state index in [9.17, 15) is 8.42 Å². The van der Waals surface area contributed by atoms with Gasteiger partial charge in [-0.05, 0) is 87.5 Å². The smallest absolute Gasteiger partial charge is 0.242 e. The van der Waals surface area contributed by atoms with Gasteiger partial charge in [0.1, 0.15) is 5.75 Å². The predicted octanol–water partition coefficient (Wildman–Crippen LogP) is 7.89. The Labute approximate surface area is 221 Å². The van der Waals surface area contributed by atoms with E-state index in [0.717, 1.165) is 28.3 Å². The standard InChI is InChI=1S/C30H50NO3PS/c1-24(2)34-30-21-20-29(36(32,33)31(3)4)22-25(30)23-35(26-14-8-5-9-15-26,27-16-10-6-11-17-27)28-18-12-7-13-19-28/h20-24,26-28H,5-19H2,1-4H3. The molecule has 0 aliphatic heterocycles. The molecule has 0 heterocycles. The molecule has 0 amide bonds. The Morgan fingerprint density at radius 3 is 1.64 bits per heavy atom. The Kier molecular flexibility index (Phi) is 9.72. The maximum Gasteiger partial charge on any atom is 0.242 e. The van der Waals surface area contributed by atoms with Crippen molar-refractivity contribution in [1.82, 2.24) is 4.31 Å². The molecule has 0 spiro atoms. The lowest BCUT2D eigenvalue weighted by atomic mass is 9.99. The van der Waals surface area contributed by atoms with Gasteiger partial charge in [0.25, 0.3) is 0 Å². The van der Waals surface area contributed by atoms with Gasteiger partial charge in [-0.15, -0.1) is 0 Å². The van der Waals surface area contributed by atoms with Gasteiger partial charge in [-0.3, -0.25) is 0 Å². The molecule has 4 nitrogen and oxygen atoms in total. The number of rotatable bonds is 8. The number of hydrogen-bond donors (Lipinski definition) is 0. The molecular weight excluding hydrogens is 485 g/mol. The average molecular weight is 536 g/mol. The van der Waals surface area contributed by atoms with Crippen LogP contribution in [0.1, 0.15) is 116 Å². The topological polar surface area (TPSA) is 46.6 Å². The third-order valence-electron chi connectivity index (χ3n) is 9.11. The van der Waals surface area contributed by atoms with Crippen LogP contribution in [0.15, 0.2) is 23.1 Å². The summed E-state index contributed by atoms with van der Waals surface area (Å²) in [5.74, 6) is 3.58. The molecule has 0 N–H and O–H groups in total. The Morgan fingerprint density at radius 1 is 0.806 bits per heavy atom. The van der Waals surface area contributed by atoms with Gasteiger partial charge in [0.15, 0.2) is 0 Å². The van der Waals surface area contributed by atoms with Gasteiger partial charge >= 0.3 is 0 Å². The third kappa shape index (κ3) is 6.10. The molecule has 3 aliphatic carbocycles. The van der Waals surface area contributed by atoms with Crippen molar-refractivity contribution >= 4 is 22.7 Å². The number of benzene rings is 1. The summed E-state index contributed by atoms with van der Waals surface area (Å²) in [6.07, 6.45) is 20.6. The highest BCUT2D eigenvalue weighted by molar-refractivity contribution is 7.89. The van der Waals surface area contributed by atoms with E-state index in [2.05, 4.69) is 19.6 Å². The highest BCUT2D eigenvalue weighted by atomic mass is 32.2. The first-order chi connectivity index (χ1) is 17.2. The van der Waals surface area contributed by atoms with Crippen molar-refractivity contribution in [3.8, 4) is 5.75 Å². The zero-order valence-corrected chi connectivity index (χ0v) is 25.0. The molecule has 1 aromatic rings. The first-order valence-corrected chi connectivity index (χ1v) is 18.2. The van der Waals surface area contributed by atoms with Crippen LogP contribution >= 0.6 is 6.89 Å². The van der Waals surface area contributed by atoms with Gasteiger partial charge in [0.2, 0.25) is 10.0 Å². The van der Waals surface area contributed by atoms with Crippen LogP contribution in [0.25, 0.3) is 0 Å². The summed E-state index contributed by atoms with van der Waals surface area (Å²) in [7, 11) is -0.253. The molecule has 36 heavy (non-hydrogen) atoms. The summed E-state index contributed by atoms with van der Waals surface area (Å²) >= 11 is 0. The van der Waals surface area contributed by atoms with Crippen molar-refractivity contribution in [3.05, 3.63) is 23.8 Å². The fraction of sp³-hybridized carbons (Fsp3) is 0.767. The predicted molar refractivity (Wildman–Crippen MR) is 156 cm³/mol. The number of hydrogen-bond acceptors (Lipinski definition) is 3. The highest BCUT2D eigenvalue weighted by Crippen LogP contribution is 2.69. The molecule has 3 aliphatic rings. The van der Waals surface area contributed by atoms with E-state index in [4.69, 9.17) is 4.74 Å². The van der Waals surface area contributed by atoms with E-state index in [1.54, 1.807) is 20.2 Å². The van der Waals surface area contributed by atoms with Crippen LogP contribution in [0.5, 0.6) is 5.75 Å². The first-order valence-electron chi connectivity index (χ1n) is 14.7. The minimum absolute atomic E-state index is 0.0558. The van der Waals surface area contributed by atoms with E-state index >= 15 is 0 Å². The van der Waals surface area contributed by atoms with Gasteiger partial charge in [0, 0.05) is 19.7 Å². The number of ether oxygens (including phenoxy) is 1. The molecule has 0 saturated heterocycles. The molecule has 4 rings (SSSR count). The van der Waals surface area contributed by atoms with Crippen molar-refractivity contribution in [2.75, 3.05) is 14.1 Å². The van der Waals surface area contributed by atoms with Gasteiger partial charge in [-0.25, -0.2) is 12.7 Å².